The molecule has 0 radical (unpaired) electrons. The van der Waals surface area contributed by atoms with Gasteiger partial charge in [-0.25, -0.2) is 9.18 Å². The summed E-state index contributed by atoms with van der Waals surface area (Å²) < 4.78 is 18.7. The van der Waals surface area contributed by atoms with Crippen LogP contribution in [0.2, 0.25) is 0 Å². The number of hydrogen-bond donors (Lipinski definition) is 2. The van der Waals surface area contributed by atoms with Crippen LogP contribution in [-0.2, 0) is 17.8 Å². The Hall–Kier alpha value is -4.20. The van der Waals surface area contributed by atoms with Crippen LogP contribution in [0.25, 0.3) is 0 Å². The maximum atomic E-state index is 13.0. The number of amides is 4. The molecule has 7 nitrogen and oxygen atoms in total. The molecule has 174 valence electrons. The molecule has 4 amide bonds. The first-order chi connectivity index (χ1) is 16.3. The molecule has 4 rings (SSSR count). The highest BCUT2D eigenvalue weighted by molar-refractivity contribution is 6.09. The lowest BCUT2D eigenvalue weighted by molar-refractivity contribution is -0.132. The molecule has 8 heteroatoms. The zero-order valence-electron chi connectivity index (χ0n) is 18.6. The number of benzene rings is 3. The van der Waals surface area contributed by atoms with Gasteiger partial charge < -0.3 is 10.1 Å². The molecule has 0 saturated carbocycles. The van der Waals surface area contributed by atoms with Crippen LogP contribution < -0.4 is 15.5 Å². The lowest BCUT2D eigenvalue weighted by atomic mass is 9.93. The number of ether oxygens (including phenoxy) is 1. The molecule has 0 unspecified atom stereocenters. The molecule has 1 aliphatic rings. The van der Waals surface area contributed by atoms with E-state index >= 15 is 0 Å². The quantitative estimate of drug-likeness (QED) is 0.497. The molecule has 0 spiro atoms. The Morgan fingerprint density at radius 2 is 1.74 bits per heavy atom. The number of halogens is 1. The summed E-state index contributed by atoms with van der Waals surface area (Å²) in [5.41, 5.74) is 3.30. The fraction of sp³-hybridized carbons (Fsp3) is 0.192. The molecular weight excluding hydrogens is 437 g/mol. The van der Waals surface area contributed by atoms with Crippen LogP contribution in [0, 0.1) is 5.82 Å². The number of carbonyl (C=O) groups excluding carboxylic acids is 3. The summed E-state index contributed by atoms with van der Waals surface area (Å²) in [7, 11) is 0. The molecule has 1 aliphatic heterocycles. The first-order valence-electron chi connectivity index (χ1n) is 10.8. The number of imide groups is 1. The van der Waals surface area contributed by atoms with E-state index < -0.39 is 23.4 Å². The normalized spacial score (nSPS) is 17.4. The summed E-state index contributed by atoms with van der Waals surface area (Å²) in [6.45, 7) is 1.84. The van der Waals surface area contributed by atoms with Crippen LogP contribution in [0.15, 0.2) is 78.9 Å². The molecule has 1 fully saturated rings. The maximum absolute atomic E-state index is 13.0. The van der Waals surface area contributed by atoms with E-state index in [9.17, 15) is 18.8 Å². The molecule has 34 heavy (non-hydrogen) atoms. The van der Waals surface area contributed by atoms with Gasteiger partial charge in [0.25, 0.3) is 11.8 Å². The molecule has 1 atom stereocenters. The average Bonchev–Trinajstić information content (AvgIpc) is 3.06. The number of urea groups is 1. The van der Waals surface area contributed by atoms with Crippen molar-refractivity contribution in [3.8, 4) is 5.75 Å². The second kappa shape index (κ2) is 9.74. The van der Waals surface area contributed by atoms with E-state index in [1.54, 1.807) is 37.3 Å². The summed E-state index contributed by atoms with van der Waals surface area (Å²) in [4.78, 5) is 38.2. The van der Waals surface area contributed by atoms with Gasteiger partial charge in [-0.3, -0.25) is 15.0 Å². The van der Waals surface area contributed by atoms with Crippen LogP contribution in [0.5, 0.6) is 5.75 Å². The average molecular weight is 461 g/mol. The molecule has 2 N–H and O–H groups in total. The third-order valence-electron chi connectivity index (χ3n) is 5.65. The number of carbonyl (C=O) groups is 3. The number of nitrogens with zero attached hydrogens (tertiary/aromatic N) is 1. The molecule has 0 aromatic heterocycles. The van der Waals surface area contributed by atoms with Gasteiger partial charge in [0, 0.05) is 5.56 Å². The Morgan fingerprint density at radius 3 is 2.47 bits per heavy atom. The van der Waals surface area contributed by atoms with Gasteiger partial charge in [-0.05, 0) is 61.2 Å². The van der Waals surface area contributed by atoms with Crippen LogP contribution >= 0.6 is 0 Å². The Bertz CT molecular complexity index is 1200. The summed E-state index contributed by atoms with van der Waals surface area (Å²) >= 11 is 0. The topological polar surface area (TPSA) is 87.7 Å². The third kappa shape index (κ3) is 5.23. The fourth-order valence-corrected chi connectivity index (χ4v) is 3.63. The van der Waals surface area contributed by atoms with Gasteiger partial charge >= 0.3 is 6.03 Å². The molecule has 0 aliphatic carbocycles. The Labute approximate surface area is 196 Å². The van der Waals surface area contributed by atoms with Crippen LogP contribution in [0.1, 0.15) is 34.8 Å². The van der Waals surface area contributed by atoms with Crippen molar-refractivity contribution in [1.82, 2.24) is 15.8 Å². The number of hydrogen-bond acceptors (Lipinski definition) is 4. The van der Waals surface area contributed by atoms with Crippen LogP contribution in [-0.4, -0.2) is 28.4 Å². The molecule has 0 bridgehead atoms. The summed E-state index contributed by atoms with van der Waals surface area (Å²) in [5.74, 6) is -1.06. The lowest BCUT2D eigenvalue weighted by Gasteiger charge is -2.21. The standard InChI is InChI=1S/C26H24FN3O4/c1-26(15-14-18-6-3-2-4-7-18)24(32)30(25(33)28-26)29-23(31)20-8-5-9-22(16-20)34-17-19-10-12-21(27)13-11-19/h2-13,16H,14-15,17H2,1H3,(H,28,33)(H,29,31)/t26-/m0/s1. The molecule has 1 saturated heterocycles. The van der Waals surface area contributed by atoms with Gasteiger partial charge in [-0.2, -0.15) is 5.01 Å². The van der Waals surface area contributed by atoms with E-state index in [2.05, 4.69) is 10.7 Å². The van der Waals surface area contributed by atoms with Crippen molar-refractivity contribution in [3.63, 3.8) is 0 Å². The van der Waals surface area contributed by atoms with E-state index in [-0.39, 0.29) is 18.0 Å². The third-order valence-corrected chi connectivity index (χ3v) is 5.65. The fourth-order valence-electron chi connectivity index (χ4n) is 3.63. The van der Waals surface area contributed by atoms with E-state index in [0.29, 0.717) is 18.6 Å². The van der Waals surface area contributed by atoms with Gasteiger partial charge in [0.1, 0.15) is 23.7 Å². The number of nitrogens with one attached hydrogen (secondary N) is 2. The largest absolute Gasteiger partial charge is 0.489 e. The van der Waals surface area contributed by atoms with Crippen LogP contribution in [0.4, 0.5) is 9.18 Å². The first-order valence-corrected chi connectivity index (χ1v) is 10.8. The van der Waals surface area contributed by atoms with E-state index in [1.165, 1.54) is 18.2 Å². The van der Waals surface area contributed by atoms with Gasteiger partial charge in [0.15, 0.2) is 0 Å². The number of rotatable bonds is 8. The zero-order chi connectivity index (χ0) is 24.1. The van der Waals surface area contributed by atoms with Crippen molar-refractivity contribution >= 4 is 17.8 Å². The second-order valence-corrected chi connectivity index (χ2v) is 8.27. The van der Waals surface area contributed by atoms with Crippen LogP contribution in [0.3, 0.4) is 0 Å². The molecular formula is C26H24FN3O4. The first kappa shape index (κ1) is 23.0. The van der Waals surface area contributed by atoms with Gasteiger partial charge in [0.2, 0.25) is 0 Å². The Morgan fingerprint density at radius 1 is 1.00 bits per heavy atom. The maximum Gasteiger partial charge on any atom is 0.344 e. The van der Waals surface area contributed by atoms with Crippen molar-refractivity contribution < 1.29 is 23.5 Å². The predicted molar refractivity (Wildman–Crippen MR) is 123 cm³/mol. The van der Waals surface area contributed by atoms with E-state index in [4.69, 9.17) is 4.74 Å². The smallest absolute Gasteiger partial charge is 0.344 e. The Balaban J connectivity index is 1.38. The number of aryl methyl sites for hydroxylation is 1. The second-order valence-electron chi connectivity index (χ2n) is 8.27. The van der Waals surface area contributed by atoms with E-state index in [1.807, 2.05) is 30.3 Å². The van der Waals surface area contributed by atoms with Crippen molar-refractivity contribution in [2.24, 2.45) is 0 Å². The van der Waals surface area contributed by atoms with Gasteiger partial charge in [-0.1, -0.05) is 48.5 Å². The molecule has 3 aromatic rings. The highest BCUT2D eigenvalue weighted by Crippen LogP contribution is 2.23. The van der Waals surface area contributed by atoms with Gasteiger partial charge in [0.05, 0.1) is 0 Å². The predicted octanol–water partition coefficient (Wildman–Crippen LogP) is 3.99. The Kier molecular flexibility index (Phi) is 6.58. The van der Waals surface area contributed by atoms with Crippen molar-refractivity contribution in [1.29, 1.82) is 0 Å². The lowest BCUT2D eigenvalue weighted by Crippen LogP contribution is -2.48. The highest BCUT2D eigenvalue weighted by atomic mass is 19.1. The van der Waals surface area contributed by atoms with Crippen molar-refractivity contribution in [2.45, 2.75) is 31.9 Å². The minimum atomic E-state index is -1.12. The monoisotopic (exact) mass is 461 g/mol. The van der Waals surface area contributed by atoms with Crippen molar-refractivity contribution in [2.75, 3.05) is 0 Å². The van der Waals surface area contributed by atoms with Gasteiger partial charge in [-0.15, -0.1) is 0 Å². The highest BCUT2D eigenvalue weighted by Gasteiger charge is 2.48. The zero-order valence-corrected chi connectivity index (χ0v) is 18.6. The number of hydrazine groups is 1. The summed E-state index contributed by atoms with van der Waals surface area (Å²) in [6, 6.07) is 21.2. The summed E-state index contributed by atoms with van der Waals surface area (Å²) in [5, 5.41) is 3.40. The van der Waals surface area contributed by atoms with E-state index in [0.717, 1.165) is 16.1 Å². The minimum absolute atomic E-state index is 0.193. The SMILES string of the molecule is C[C@@]1(CCc2ccccc2)NC(=O)N(NC(=O)c2cccc(OCc3ccc(F)cc3)c2)C1=O. The summed E-state index contributed by atoms with van der Waals surface area (Å²) in [6.07, 6.45) is 0.985. The molecule has 1 heterocycles. The van der Waals surface area contributed by atoms with Crippen molar-refractivity contribution in [3.05, 3.63) is 101 Å². The minimum Gasteiger partial charge on any atom is -0.489 e. The molecule has 3 aromatic carbocycles.